The van der Waals surface area contributed by atoms with Gasteiger partial charge in [0.1, 0.15) is 6.04 Å². The van der Waals surface area contributed by atoms with Crippen LogP contribution in [0, 0.1) is 5.92 Å². The van der Waals surface area contributed by atoms with Crippen molar-refractivity contribution in [3.05, 3.63) is 58.6 Å². The van der Waals surface area contributed by atoms with E-state index in [4.69, 9.17) is 23.2 Å². The van der Waals surface area contributed by atoms with Crippen LogP contribution in [-0.2, 0) is 9.59 Å². The summed E-state index contributed by atoms with van der Waals surface area (Å²) in [6, 6.07) is 12.3. The van der Waals surface area contributed by atoms with Crippen molar-refractivity contribution in [1.29, 1.82) is 0 Å². The van der Waals surface area contributed by atoms with Crippen LogP contribution in [0.2, 0.25) is 10.0 Å². The quantitative estimate of drug-likeness (QED) is 0.588. The third-order valence-electron chi connectivity index (χ3n) is 4.21. The zero-order chi connectivity index (χ0) is 22.3. The number of nitrogens with one attached hydrogen (secondary N) is 3. The first-order valence-electron chi connectivity index (χ1n) is 9.30. The predicted octanol–water partition coefficient (Wildman–Crippen LogP) is 4.24. The smallest absolute Gasteiger partial charge is 0.319 e. The lowest BCUT2D eigenvalue weighted by Gasteiger charge is -2.26. The Bertz CT molecular complexity index is 906. The standard InChI is InChI=1S/C21H24Cl2N4O3/c1-13(2)19(26-21(30)25-14-7-5-4-6-8-14)20(29)27(3)12-18(28)24-15-9-10-16(22)17(23)11-15/h4-11,13,19H,12H2,1-3H3,(H,24,28)(H2,25,26,30). The molecule has 0 heterocycles. The molecule has 4 amide bonds. The fourth-order valence-corrected chi connectivity index (χ4v) is 2.95. The predicted molar refractivity (Wildman–Crippen MR) is 120 cm³/mol. The van der Waals surface area contributed by atoms with Crippen LogP contribution in [0.15, 0.2) is 48.5 Å². The zero-order valence-corrected chi connectivity index (χ0v) is 18.4. The van der Waals surface area contributed by atoms with Gasteiger partial charge in [-0.15, -0.1) is 0 Å². The van der Waals surface area contributed by atoms with Gasteiger partial charge in [0.05, 0.1) is 16.6 Å². The number of halogens is 2. The molecule has 0 bridgehead atoms. The van der Waals surface area contributed by atoms with Gasteiger partial charge in [-0.1, -0.05) is 55.2 Å². The Labute approximate surface area is 185 Å². The molecule has 0 radical (unpaired) electrons. The minimum atomic E-state index is -0.795. The minimum Gasteiger partial charge on any atom is -0.335 e. The molecule has 0 saturated heterocycles. The summed E-state index contributed by atoms with van der Waals surface area (Å²) in [6.45, 7) is 3.44. The lowest BCUT2D eigenvalue weighted by molar-refractivity contribution is -0.135. The molecule has 0 spiro atoms. The van der Waals surface area contributed by atoms with E-state index < -0.39 is 18.0 Å². The van der Waals surface area contributed by atoms with Crippen molar-refractivity contribution in [3.63, 3.8) is 0 Å². The number of para-hydroxylation sites is 1. The molecule has 0 aliphatic carbocycles. The summed E-state index contributed by atoms with van der Waals surface area (Å²) in [4.78, 5) is 38.7. The second-order valence-electron chi connectivity index (χ2n) is 7.06. The molecule has 2 rings (SSSR count). The van der Waals surface area contributed by atoms with Gasteiger partial charge in [-0.3, -0.25) is 9.59 Å². The molecule has 3 N–H and O–H groups in total. The van der Waals surface area contributed by atoms with Crippen LogP contribution < -0.4 is 16.0 Å². The molecule has 160 valence electrons. The van der Waals surface area contributed by atoms with Gasteiger partial charge >= 0.3 is 6.03 Å². The monoisotopic (exact) mass is 450 g/mol. The van der Waals surface area contributed by atoms with Crippen LogP contribution in [-0.4, -0.2) is 42.4 Å². The van der Waals surface area contributed by atoms with Crippen molar-refractivity contribution in [2.45, 2.75) is 19.9 Å². The van der Waals surface area contributed by atoms with E-state index in [2.05, 4.69) is 16.0 Å². The molecule has 1 unspecified atom stereocenters. The first-order valence-corrected chi connectivity index (χ1v) is 10.1. The number of nitrogens with zero attached hydrogens (tertiary/aromatic N) is 1. The van der Waals surface area contributed by atoms with E-state index in [9.17, 15) is 14.4 Å². The molecule has 0 aliphatic heterocycles. The summed E-state index contributed by atoms with van der Waals surface area (Å²) in [7, 11) is 1.50. The first-order chi connectivity index (χ1) is 14.2. The largest absolute Gasteiger partial charge is 0.335 e. The average Bonchev–Trinajstić information content (AvgIpc) is 2.69. The van der Waals surface area contributed by atoms with Gasteiger partial charge in [-0.05, 0) is 36.2 Å². The highest BCUT2D eigenvalue weighted by molar-refractivity contribution is 6.42. The van der Waals surface area contributed by atoms with Crippen molar-refractivity contribution >= 4 is 52.4 Å². The third-order valence-corrected chi connectivity index (χ3v) is 4.95. The normalized spacial score (nSPS) is 11.5. The molecule has 0 saturated carbocycles. The molecule has 0 aliphatic rings. The number of hydrogen-bond donors (Lipinski definition) is 3. The molecular weight excluding hydrogens is 427 g/mol. The van der Waals surface area contributed by atoms with E-state index in [0.717, 1.165) is 0 Å². The lowest BCUT2D eigenvalue weighted by atomic mass is 10.0. The van der Waals surface area contributed by atoms with Gasteiger partial charge in [0.25, 0.3) is 0 Å². The SMILES string of the molecule is CC(C)C(NC(=O)Nc1ccccc1)C(=O)N(C)CC(=O)Nc1ccc(Cl)c(Cl)c1. The van der Waals surface area contributed by atoms with Crippen LogP contribution in [0.4, 0.5) is 16.2 Å². The third kappa shape index (κ3) is 6.93. The Morgan fingerprint density at radius 1 is 0.933 bits per heavy atom. The van der Waals surface area contributed by atoms with Gasteiger partial charge < -0.3 is 20.9 Å². The van der Waals surface area contributed by atoms with Crippen LogP contribution in [0.5, 0.6) is 0 Å². The Morgan fingerprint density at radius 3 is 2.20 bits per heavy atom. The maximum absolute atomic E-state index is 12.8. The number of rotatable bonds is 7. The second-order valence-corrected chi connectivity index (χ2v) is 7.87. The summed E-state index contributed by atoms with van der Waals surface area (Å²) in [5.74, 6) is -0.961. The van der Waals surface area contributed by atoms with E-state index in [1.807, 2.05) is 19.9 Å². The number of anilines is 2. The number of hydrogen-bond acceptors (Lipinski definition) is 3. The number of carbonyl (C=O) groups excluding carboxylic acids is 3. The van der Waals surface area contributed by atoms with Crippen LogP contribution in [0.3, 0.4) is 0 Å². The molecule has 9 heteroatoms. The second kappa shape index (κ2) is 10.8. The van der Waals surface area contributed by atoms with Gasteiger partial charge in [0, 0.05) is 18.4 Å². The molecule has 30 heavy (non-hydrogen) atoms. The van der Waals surface area contributed by atoms with Gasteiger partial charge in [0.2, 0.25) is 11.8 Å². The van der Waals surface area contributed by atoms with Crippen LogP contribution in [0.25, 0.3) is 0 Å². The molecule has 0 aromatic heterocycles. The molecular formula is C21H24Cl2N4O3. The van der Waals surface area contributed by atoms with Crippen molar-refractivity contribution < 1.29 is 14.4 Å². The molecule has 0 fully saturated rings. The van der Waals surface area contributed by atoms with Gasteiger partial charge in [-0.2, -0.15) is 0 Å². The summed E-state index contributed by atoms with van der Waals surface area (Å²) >= 11 is 11.8. The van der Waals surface area contributed by atoms with Crippen LogP contribution in [0.1, 0.15) is 13.8 Å². The van der Waals surface area contributed by atoms with E-state index in [-0.39, 0.29) is 18.4 Å². The highest BCUT2D eigenvalue weighted by atomic mass is 35.5. The molecule has 1 atom stereocenters. The van der Waals surface area contributed by atoms with E-state index >= 15 is 0 Å². The number of amides is 4. The van der Waals surface area contributed by atoms with E-state index in [0.29, 0.717) is 21.4 Å². The maximum Gasteiger partial charge on any atom is 0.319 e. The average molecular weight is 451 g/mol. The topological polar surface area (TPSA) is 90.5 Å². The Kier molecular flexibility index (Phi) is 8.50. The summed E-state index contributed by atoms with van der Waals surface area (Å²) < 4.78 is 0. The Hall–Kier alpha value is -2.77. The van der Waals surface area contributed by atoms with Crippen molar-refractivity contribution in [3.8, 4) is 0 Å². The number of carbonyl (C=O) groups is 3. The first kappa shape index (κ1) is 23.5. The van der Waals surface area contributed by atoms with Gasteiger partial charge in [0.15, 0.2) is 0 Å². The highest BCUT2D eigenvalue weighted by Crippen LogP contribution is 2.25. The minimum absolute atomic E-state index is 0.181. The number of likely N-dealkylation sites (N-methyl/N-ethyl adjacent to an activating group) is 1. The van der Waals surface area contributed by atoms with Crippen molar-refractivity contribution in [1.82, 2.24) is 10.2 Å². The zero-order valence-electron chi connectivity index (χ0n) is 16.9. The van der Waals surface area contributed by atoms with Crippen LogP contribution >= 0.6 is 23.2 Å². The summed E-state index contributed by atoms with van der Waals surface area (Å²) in [6.07, 6.45) is 0. The van der Waals surface area contributed by atoms with Crippen molar-refractivity contribution in [2.75, 3.05) is 24.2 Å². The summed E-state index contributed by atoms with van der Waals surface area (Å²) in [5.41, 5.74) is 1.08. The lowest BCUT2D eigenvalue weighted by Crippen LogP contribution is -2.52. The maximum atomic E-state index is 12.8. The number of benzene rings is 2. The van der Waals surface area contributed by atoms with E-state index in [1.54, 1.807) is 36.4 Å². The molecule has 2 aromatic carbocycles. The Balaban J connectivity index is 1.95. The molecule has 7 nitrogen and oxygen atoms in total. The highest BCUT2D eigenvalue weighted by Gasteiger charge is 2.28. The summed E-state index contributed by atoms with van der Waals surface area (Å²) in [5, 5.41) is 8.71. The Morgan fingerprint density at radius 2 is 1.60 bits per heavy atom. The van der Waals surface area contributed by atoms with E-state index in [1.165, 1.54) is 18.0 Å². The van der Waals surface area contributed by atoms with Crippen molar-refractivity contribution in [2.24, 2.45) is 5.92 Å². The fraction of sp³-hybridized carbons (Fsp3) is 0.286. The fourth-order valence-electron chi connectivity index (χ4n) is 2.65. The molecule has 2 aromatic rings. The van der Waals surface area contributed by atoms with Gasteiger partial charge in [-0.25, -0.2) is 4.79 Å². The number of urea groups is 1.